The molecule has 0 spiro atoms. The molecule has 14 heavy (non-hydrogen) atoms. The van der Waals surface area contributed by atoms with Crippen LogP contribution in [0.4, 0.5) is 0 Å². The highest BCUT2D eigenvalue weighted by atomic mass is 27.2. The average molecular weight is 214 g/mol. The van der Waals surface area contributed by atoms with Crippen LogP contribution in [0.1, 0.15) is 46.0 Å². The van der Waals surface area contributed by atoms with Crippen molar-refractivity contribution in [3.8, 4) is 0 Å². The smallest absolute Gasteiger partial charge is 0.261 e. The van der Waals surface area contributed by atoms with Gasteiger partial charge in [0, 0.05) is 13.7 Å². The van der Waals surface area contributed by atoms with E-state index < -0.39 is 0 Å². The van der Waals surface area contributed by atoms with E-state index >= 15 is 0 Å². The van der Waals surface area contributed by atoms with E-state index in [2.05, 4.69) is 13.8 Å². The molecule has 2 heteroatoms. The van der Waals surface area contributed by atoms with E-state index in [1.165, 1.54) is 37.4 Å². The molecule has 0 aliphatic heterocycles. The maximum atomic E-state index is 5.12. The van der Waals surface area contributed by atoms with E-state index in [0.717, 1.165) is 6.61 Å². The quantitative estimate of drug-likeness (QED) is 0.392. The van der Waals surface area contributed by atoms with Crippen molar-refractivity contribution < 1.29 is 4.74 Å². The van der Waals surface area contributed by atoms with Gasteiger partial charge in [0.25, 0.3) is 14.1 Å². The summed E-state index contributed by atoms with van der Waals surface area (Å²) in [5.41, 5.74) is 0. The van der Waals surface area contributed by atoms with Gasteiger partial charge in [-0.25, -0.2) is 0 Å². The normalized spacial score (nSPS) is 10.5. The monoisotopic (exact) mass is 214 g/mol. The molecule has 1 nitrogen and oxygen atoms in total. The Morgan fingerprint density at radius 2 is 1.36 bits per heavy atom. The Bertz CT molecular complexity index is 98.5. The topological polar surface area (TPSA) is 9.23 Å². The third-order valence-electron chi connectivity index (χ3n) is 2.89. The zero-order valence-electron chi connectivity index (χ0n) is 10.3. The molecule has 0 aliphatic carbocycles. The summed E-state index contributed by atoms with van der Waals surface area (Å²) < 4.78 is 5.12. The van der Waals surface area contributed by atoms with Crippen molar-refractivity contribution in [3.63, 3.8) is 0 Å². The second-order valence-electron chi connectivity index (χ2n) is 4.29. The third-order valence-corrected chi connectivity index (χ3v) is 6.57. The van der Waals surface area contributed by atoms with Crippen LogP contribution < -0.4 is 0 Å². The average Bonchev–Trinajstić information content (AvgIpc) is 2.21. The predicted octanol–water partition coefficient (Wildman–Crippen LogP) is 4.12. The van der Waals surface area contributed by atoms with Gasteiger partial charge in [-0.2, -0.15) is 0 Å². The second kappa shape index (κ2) is 11.6. The lowest BCUT2D eigenvalue weighted by Gasteiger charge is -2.10. The zero-order chi connectivity index (χ0) is 10.6. The van der Waals surface area contributed by atoms with Crippen molar-refractivity contribution in [2.45, 2.75) is 61.8 Å². The summed E-state index contributed by atoms with van der Waals surface area (Å²) in [6, 6.07) is 0. The van der Waals surface area contributed by atoms with Crippen LogP contribution in [0.2, 0.25) is 15.8 Å². The molecule has 0 saturated carbocycles. The second-order valence-corrected chi connectivity index (χ2v) is 7.75. The molecule has 0 atom stereocenters. The van der Waals surface area contributed by atoms with Crippen LogP contribution in [0.5, 0.6) is 0 Å². The van der Waals surface area contributed by atoms with Crippen molar-refractivity contribution in [3.05, 3.63) is 0 Å². The lowest BCUT2D eigenvalue weighted by molar-refractivity contribution is 0.199. The van der Waals surface area contributed by atoms with Crippen LogP contribution in [0.3, 0.4) is 0 Å². The molecule has 0 unspecified atom stereocenters. The van der Waals surface area contributed by atoms with Gasteiger partial charge < -0.3 is 4.74 Å². The Kier molecular flexibility index (Phi) is 12.0. The van der Waals surface area contributed by atoms with Gasteiger partial charge in [-0.15, -0.1) is 0 Å². The maximum absolute atomic E-state index is 5.12. The van der Waals surface area contributed by atoms with Crippen LogP contribution >= 0.6 is 0 Å². The summed E-state index contributed by atoms with van der Waals surface area (Å²) in [6.07, 6.45) is 6.99. The minimum absolute atomic E-state index is 0.381. The minimum Gasteiger partial charge on any atom is -0.385 e. The Morgan fingerprint density at radius 3 is 1.79 bits per heavy atom. The van der Waals surface area contributed by atoms with Gasteiger partial charge in [0.1, 0.15) is 0 Å². The number of hydrogen-bond acceptors (Lipinski definition) is 1. The van der Waals surface area contributed by atoms with E-state index in [1.54, 1.807) is 10.6 Å². The van der Waals surface area contributed by atoms with Gasteiger partial charge in [-0.05, 0) is 6.42 Å². The Labute approximate surface area is 94.6 Å². The molecule has 0 fully saturated rings. The fourth-order valence-corrected chi connectivity index (χ4v) is 5.52. The molecular formula is C12H27AlO. The summed E-state index contributed by atoms with van der Waals surface area (Å²) >= 11 is -0.381. The molecule has 0 bridgehead atoms. The number of methoxy groups -OCH3 is 1. The Hall–Kier alpha value is 0.492. The lowest BCUT2D eigenvalue weighted by atomic mass is 10.4. The molecule has 84 valence electrons. The summed E-state index contributed by atoms with van der Waals surface area (Å²) in [5.74, 6) is 0. The molecule has 0 aromatic heterocycles. The third kappa shape index (κ3) is 9.06. The minimum atomic E-state index is -0.381. The summed E-state index contributed by atoms with van der Waals surface area (Å²) in [4.78, 5) is 0. The fourth-order valence-electron chi connectivity index (χ4n) is 1.93. The molecule has 0 amide bonds. The molecule has 0 saturated heterocycles. The largest absolute Gasteiger partial charge is 0.385 e. The molecule has 0 heterocycles. The predicted molar refractivity (Wildman–Crippen MR) is 66.5 cm³/mol. The first-order valence-corrected chi connectivity index (χ1v) is 8.79. The van der Waals surface area contributed by atoms with Gasteiger partial charge in [-0.1, -0.05) is 55.4 Å². The number of rotatable bonds is 10. The Balaban J connectivity index is 3.49. The Morgan fingerprint density at radius 1 is 0.857 bits per heavy atom. The SMILES string of the molecule is CCC[CH2][Al]([CH2]CCC)[CH2]CCOC. The fraction of sp³-hybridized carbons (Fsp3) is 1.00. The number of ether oxygens (including phenoxy) is 1. The van der Waals surface area contributed by atoms with Crippen molar-refractivity contribution in [2.24, 2.45) is 0 Å². The molecule has 0 N–H and O–H groups in total. The molecule has 0 aromatic rings. The maximum Gasteiger partial charge on any atom is 0.261 e. The highest BCUT2D eigenvalue weighted by Crippen LogP contribution is 2.15. The van der Waals surface area contributed by atoms with Gasteiger partial charge >= 0.3 is 0 Å². The summed E-state index contributed by atoms with van der Waals surface area (Å²) in [6.45, 7) is 5.59. The van der Waals surface area contributed by atoms with Crippen LogP contribution in [-0.2, 0) is 4.74 Å². The highest BCUT2D eigenvalue weighted by molar-refractivity contribution is 6.58. The molecule has 0 aliphatic rings. The van der Waals surface area contributed by atoms with Gasteiger partial charge in [0.05, 0.1) is 0 Å². The zero-order valence-corrected chi connectivity index (χ0v) is 11.5. The molecule has 0 aromatic carbocycles. The number of unbranched alkanes of at least 4 members (excludes halogenated alkanes) is 2. The highest BCUT2D eigenvalue weighted by Gasteiger charge is 2.14. The lowest BCUT2D eigenvalue weighted by Crippen LogP contribution is -2.12. The molecule has 0 radical (unpaired) electrons. The van der Waals surface area contributed by atoms with E-state index in [4.69, 9.17) is 4.74 Å². The van der Waals surface area contributed by atoms with E-state index in [1.807, 2.05) is 7.11 Å². The first-order chi connectivity index (χ1) is 6.85. The number of hydrogen-bond donors (Lipinski definition) is 0. The summed E-state index contributed by atoms with van der Waals surface area (Å²) in [7, 11) is 1.81. The van der Waals surface area contributed by atoms with E-state index in [9.17, 15) is 0 Å². The molecule has 0 rings (SSSR count). The van der Waals surface area contributed by atoms with Crippen LogP contribution in [0.15, 0.2) is 0 Å². The van der Waals surface area contributed by atoms with Gasteiger partial charge in [-0.3, -0.25) is 0 Å². The van der Waals surface area contributed by atoms with Gasteiger partial charge in [0.15, 0.2) is 0 Å². The summed E-state index contributed by atoms with van der Waals surface area (Å²) in [5, 5.41) is 4.65. The van der Waals surface area contributed by atoms with Crippen molar-refractivity contribution in [1.29, 1.82) is 0 Å². The first-order valence-electron chi connectivity index (χ1n) is 6.34. The van der Waals surface area contributed by atoms with Crippen LogP contribution in [0.25, 0.3) is 0 Å². The van der Waals surface area contributed by atoms with Gasteiger partial charge in [0.2, 0.25) is 0 Å². The van der Waals surface area contributed by atoms with Crippen LogP contribution in [-0.4, -0.2) is 27.9 Å². The van der Waals surface area contributed by atoms with Crippen LogP contribution in [0, 0.1) is 0 Å². The van der Waals surface area contributed by atoms with Crippen molar-refractivity contribution in [1.82, 2.24) is 0 Å². The first kappa shape index (κ1) is 14.5. The molecular weight excluding hydrogens is 187 g/mol. The van der Waals surface area contributed by atoms with E-state index in [-0.39, 0.29) is 14.1 Å². The van der Waals surface area contributed by atoms with Crippen molar-refractivity contribution in [2.75, 3.05) is 13.7 Å². The van der Waals surface area contributed by atoms with E-state index in [0.29, 0.717) is 0 Å². The van der Waals surface area contributed by atoms with Crippen molar-refractivity contribution >= 4 is 14.1 Å². The standard InChI is InChI=1S/C4H9O.2C4H9.Al/c1-3-4-5-2;2*1-3-4-2;/h1,3-4H2,2H3;2*1,3-4H2,2H3;.